The summed E-state index contributed by atoms with van der Waals surface area (Å²) in [6.07, 6.45) is 2.86. The van der Waals surface area contributed by atoms with E-state index >= 15 is 0 Å². The van der Waals surface area contributed by atoms with Gasteiger partial charge in [0.15, 0.2) is 0 Å². The molecular formula is C17H13ClFNO. The molecule has 1 aliphatic heterocycles. The average molecular weight is 302 g/mol. The van der Waals surface area contributed by atoms with Gasteiger partial charge < -0.3 is 9.30 Å². The number of hydrogen-bond donors (Lipinski definition) is 0. The Labute approximate surface area is 126 Å². The van der Waals surface area contributed by atoms with E-state index in [1.807, 2.05) is 29.0 Å². The highest BCUT2D eigenvalue weighted by molar-refractivity contribution is 6.30. The van der Waals surface area contributed by atoms with E-state index in [-0.39, 0.29) is 5.82 Å². The molecule has 4 heteroatoms. The van der Waals surface area contributed by atoms with Gasteiger partial charge in [0, 0.05) is 23.2 Å². The maximum absolute atomic E-state index is 13.5. The minimum absolute atomic E-state index is 0.227. The molecule has 0 bridgehead atoms. The van der Waals surface area contributed by atoms with Gasteiger partial charge >= 0.3 is 0 Å². The molecule has 1 aromatic heterocycles. The number of aromatic nitrogens is 1. The van der Waals surface area contributed by atoms with Gasteiger partial charge in [-0.2, -0.15) is 0 Å². The molecular weight excluding hydrogens is 289 g/mol. The van der Waals surface area contributed by atoms with Crippen molar-refractivity contribution in [3.8, 4) is 5.75 Å². The summed E-state index contributed by atoms with van der Waals surface area (Å²) in [5, 5.41) is 1.74. The molecule has 0 amide bonds. The van der Waals surface area contributed by atoms with Crippen molar-refractivity contribution >= 4 is 22.5 Å². The Bertz CT molecular complexity index is 840. The first kappa shape index (κ1) is 12.7. The molecule has 21 heavy (non-hydrogen) atoms. The lowest BCUT2D eigenvalue weighted by Crippen LogP contribution is -2.00. The molecule has 0 atom stereocenters. The highest BCUT2D eigenvalue weighted by atomic mass is 35.5. The molecule has 4 rings (SSSR count). The zero-order valence-electron chi connectivity index (χ0n) is 11.3. The summed E-state index contributed by atoms with van der Waals surface area (Å²) in [4.78, 5) is 0. The molecule has 1 aliphatic rings. The van der Waals surface area contributed by atoms with E-state index in [1.54, 1.807) is 12.1 Å². The summed E-state index contributed by atoms with van der Waals surface area (Å²) in [6.45, 7) is 1.32. The topological polar surface area (TPSA) is 14.2 Å². The fourth-order valence-electron chi connectivity index (χ4n) is 2.94. The highest BCUT2D eigenvalue weighted by Crippen LogP contribution is 2.34. The van der Waals surface area contributed by atoms with Crippen LogP contribution in [0, 0.1) is 5.82 Å². The predicted molar refractivity (Wildman–Crippen MR) is 81.6 cm³/mol. The largest absolute Gasteiger partial charge is 0.493 e. The van der Waals surface area contributed by atoms with Crippen LogP contribution in [-0.2, 0) is 13.0 Å². The summed E-state index contributed by atoms with van der Waals surface area (Å²) >= 11 is 6.19. The number of rotatable bonds is 2. The average Bonchev–Trinajstić information content (AvgIpc) is 3.06. The number of ether oxygens (including phenoxy) is 1. The van der Waals surface area contributed by atoms with E-state index in [0.29, 0.717) is 13.2 Å². The molecule has 2 aromatic carbocycles. The van der Waals surface area contributed by atoms with Gasteiger partial charge in [-0.05, 0) is 47.3 Å². The standard InChI is InChI=1S/C17H13ClFNO/c18-14-7-12-4-6-21-17(12)13(8-14)10-20-5-3-11-1-2-15(19)9-16(11)20/h1-3,5,7-9H,4,6,10H2. The molecule has 0 N–H and O–H groups in total. The Kier molecular flexibility index (Phi) is 2.89. The van der Waals surface area contributed by atoms with Gasteiger partial charge in [-0.3, -0.25) is 0 Å². The van der Waals surface area contributed by atoms with Crippen LogP contribution in [0.1, 0.15) is 11.1 Å². The monoisotopic (exact) mass is 301 g/mol. The van der Waals surface area contributed by atoms with E-state index < -0.39 is 0 Å². The van der Waals surface area contributed by atoms with Crippen LogP contribution in [0.4, 0.5) is 4.39 Å². The third-order valence-electron chi connectivity index (χ3n) is 3.90. The zero-order chi connectivity index (χ0) is 14.4. The molecule has 0 saturated carbocycles. The van der Waals surface area contributed by atoms with Crippen molar-refractivity contribution < 1.29 is 9.13 Å². The lowest BCUT2D eigenvalue weighted by atomic mass is 10.1. The molecule has 0 aliphatic carbocycles. The van der Waals surface area contributed by atoms with E-state index in [2.05, 4.69) is 0 Å². The normalized spacial score (nSPS) is 13.4. The fraction of sp³-hybridized carbons (Fsp3) is 0.176. The van der Waals surface area contributed by atoms with Crippen LogP contribution in [-0.4, -0.2) is 11.2 Å². The van der Waals surface area contributed by atoms with Crippen molar-refractivity contribution in [2.24, 2.45) is 0 Å². The Morgan fingerprint density at radius 3 is 3.00 bits per heavy atom. The maximum Gasteiger partial charge on any atom is 0.127 e. The smallest absolute Gasteiger partial charge is 0.127 e. The van der Waals surface area contributed by atoms with Gasteiger partial charge in [-0.25, -0.2) is 4.39 Å². The van der Waals surface area contributed by atoms with E-state index in [4.69, 9.17) is 16.3 Å². The summed E-state index contributed by atoms with van der Waals surface area (Å²) in [5.41, 5.74) is 3.07. The Hall–Kier alpha value is -2.00. The number of benzene rings is 2. The second-order valence-corrected chi connectivity index (χ2v) is 5.73. The van der Waals surface area contributed by atoms with Crippen LogP contribution in [0.2, 0.25) is 5.02 Å². The number of hydrogen-bond acceptors (Lipinski definition) is 1. The third kappa shape index (κ3) is 2.18. The van der Waals surface area contributed by atoms with Gasteiger partial charge in [-0.1, -0.05) is 11.6 Å². The van der Waals surface area contributed by atoms with Crippen molar-refractivity contribution in [2.45, 2.75) is 13.0 Å². The number of fused-ring (bicyclic) bond motifs is 2. The second kappa shape index (κ2) is 4.78. The first-order valence-electron chi connectivity index (χ1n) is 6.89. The van der Waals surface area contributed by atoms with Gasteiger partial charge in [0.1, 0.15) is 11.6 Å². The molecule has 0 unspecified atom stereocenters. The van der Waals surface area contributed by atoms with Crippen molar-refractivity contribution in [3.63, 3.8) is 0 Å². The molecule has 0 fully saturated rings. The zero-order valence-corrected chi connectivity index (χ0v) is 12.0. The molecule has 0 saturated heterocycles. The molecule has 106 valence electrons. The third-order valence-corrected chi connectivity index (χ3v) is 4.12. The quantitative estimate of drug-likeness (QED) is 0.683. The lowest BCUT2D eigenvalue weighted by Gasteiger charge is -2.11. The second-order valence-electron chi connectivity index (χ2n) is 5.30. The first-order chi connectivity index (χ1) is 10.2. The van der Waals surface area contributed by atoms with Crippen molar-refractivity contribution in [1.82, 2.24) is 4.57 Å². The van der Waals surface area contributed by atoms with E-state index in [9.17, 15) is 4.39 Å². The highest BCUT2D eigenvalue weighted by Gasteiger charge is 2.18. The minimum Gasteiger partial charge on any atom is -0.493 e. The summed E-state index contributed by atoms with van der Waals surface area (Å²) in [5.74, 6) is 0.702. The van der Waals surface area contributed by atoms with E-state index in [1.165, 1.54) is 6.07 Å². The summed E-state index contributed by atoms with van der Waals surface area (Å²) in [6, 6.07) is 10.7. The number of nitrogens with zero attached hydrogens (tertiary/aromatic N) is 1. The van der Waals surface area contributed by atoms with Crippen molar-refractivity contribution in [1.29, 1.82) is 0 Å². The molecule has 3 aromatic rings. The van der Waals surface area contributed by atoms with Crippen LogP contribution >= 0.6 is 11.6 Å². The predicted octanol–water partition coefficient (Wildman–Crippen LogP) is 4.42. The maximum atomic E-state index is 13.5. The molecule has 2 heterocycles. The Morgan fingerprint density at radius 2 is 2.10 bits per heavy atom. The van der Waals surface area contributed by atoms with Crippen LogP contribution in [0.15, 0.2) is 42.6 Å². The van der Waals surface area contributed by atoms with Gasteiger partial charge in [-0.15, -0.1) is 0 Å². The van der Waals surface area contributed by atoms with Crippen LogP contribution in [0.25, 0.3) is 10.9 Å². The van der Waals surface area contributed by atoms with Crippen LogP contribution in [0.5, 0.6) is 5.75 Å². The summed E-state index contributed by atoms with van der Waals surface area (Å²) in [7, 11) is 0. The Morgan fingerprint density at radius 1 is 1.19 bits per heavy atom. The van der Waals surface area contributed by atoms with E-state index in [0.717, 1.165) is 39.2 Å². The van der Waals surface area contributed by atoms with Gasteiger partial charge in [0.05, 0.1) is 18.7 Å². The fourth-order valence-corrected chi connectivity index (χ4v) is 3.21. The molecule has 0 radical (unpaired) electrons. The van der Waals surface area contributed by atoms with Gasteiger partial charge in [0.25, 0.3) is 0 Å². The summed E-state index contributed by atoms with van der Waals surface area (Å²) < 4.78 is 21.2. The Balaban J connectivity index is 1.80. The molecule has 0 spiro atoms. The van der Waals surface area contributed by atoms with Gasteiger partial charge in [0.2, 0.25) is 0 Å². The van der Waals surface area contributed by atoms with Crippen molar-refractivity contribution in [2.75, 3.05) is 6.61 Å². The minimum atomic E-state index is -0.227. The van der Waals surface area contributed by atoms with Crippen LogP contribution in [0.3, 0.4) is 0 Å². The van der Waals surface area contributed by atoms with Crippen LogP contribution < -0.4 is 4.74 Å². The lowest BCUT2D eigenvalue weighted by molar-refractivity contribution is 0.353. The first-order valence-corrected chi connectivity index (χ1v) is 7.27. The number of halogens is 2. The SMILES string of the molecule is Fc1ccc2ccn(Cc3cc(Cl)cc4c3OCC4)c2c1. The van der Waals surface area contributed by atoms with Crippen molar-refractivity contribution in [3.05, 3.63) is 64.6 Å². The molecule has 2 nitrogen and oxygen atoms in total.